The van der Waals surface area contributed by atoms with Crippen LogP contribution >= 0.6 is 0 Å². The van der Waals surface area contributed by atoms with Crippen molar-refractivity contribution in [3.05, 3.63) is 0 Å². The summed E-state index contributed by atoms with van der Waals surface area (Å²) in [6, 6.07) is 0. The first-order valence-corrected chi connectivity index (χ1v) is 11.0. The molecular formula is C22H43KO4. The zero-order chi connectivity index (χ0) is 19.7. The second kappa shape index (κ2) is 19.9. The first-order chi connectivity index (χ1) is 12.5. The van der Waals surface area contributed by atoms with Crippen LogP contribution in [0.3, 0.4) is 0 Å². The van der Waals surface area contributed by atoms with Gasteiger partial charge in [0.25, 0.3) is 0 Å². The Morgan fingerprint density at radius 3 is 1.07 bits per heavy atom. The molecule has 5 heteroatoms. The molecule has 0 bridgehead atoms. The molecule has 4 nitrogen and oxygen atoms in total. The molecule has 0 saturated heterocycles. The molecule has 0 aromatic carbocycles. The van der Waals surface area contributed by atoms with Crippen LogP contribution in [0.2, 0.25) is 0 Å². The van der Waals surface area contributed by atoms with E-state index in [-0.39, 0.29) is 64.2 Å². The monoisotopic (exact) mass is 410 g/mol. The van der Waals surface area contributed by atoms with Crippen molar-refractivity contribution < 1.29 is 19.8 Å². The molecule has 0 spiro atoms. The molecule has 0 atom stereocenters. The van der Waals surface area contributed by atoms with Crippen LogP contribution in [0.5, 0.6) is 0 Å². The van der Waals surface area contributed by atoms with Crippen LogP contribution < -0.4 is 0 Å². The fourth-order valence-electron chi connectivity index (χ4n) is 3.59. The third-order valence-electron chi connectivity index (χ3n) is 5.48. The summed E-state index contributed by atoms with van der Waals surface area (Å²) in [6.45, 7) is 4.35. The molecule has 0 unspecified atom stereocenters. The third kappa shape index (κ3) is 14.2. The van der Waals surface area contributed by atoms with Crippen LogP contribution in [0.4, 0.5) is 0 Å². The SMILES string of the molecule is CCCCCCCCCCCCC(CCCCCCC)(C(=O)O)C(=O)O.[KH]. The Kier molecular flexibility index (Phi) is 21.9. The summed E-state index contributed by atoms with van der Waals surface area (Å²) in [5.74, 6) is -2.31. The van der Waals surface area contributed by atoms with E-state index in [1.807, 2.05) is 0 Å². The van der Waals surface area contributed by atoms with Crippen molar-refractivity contribution in [3.8, 4) is 0 Å². The Morgan fingerprint density at radius 2 is 0.815 bits per heavy atom. The molecule has 0 aromatic heterocycles. The number of rotatable bonds is 19. The van der Waals surface area contributed by atoms with Crippen LogP contribution in [0.1, 0.15) is 123 Å². The summed E-state index contributed by atoms with van der Waals surface area (Å²) >= 11 is 0. The van der Waals surface area contributed by atoms with Gasteiger partial charge in [0.05, 0.1) is 0 Å². The van der Waals surface area contributed by atoms with Crippen LogP contribution in [0.15, 0.2) is 0 Å². The number of unbranched alkanes of at least 4 members (excludes halogenated alkanes) is 13. The van der Waals surface area contributed by atoms with Gasteiger partial charge >= 0.3 is 63.3 Å². The fourth-order valence-corrected chi connectivity index (χ4v) is 3.59. The van der Waals surface area contributed by atoms with Gasteiger partial charge in [0.1, 0.15) is 0 Å². The van der Waals surface area contributed by atoms with Crippen LogP contribution in [0.25, 0.3) is 0 Å². The van der Waals surface area contributed by atoms with Crippen molar-refractivity contribution in [3.63, 3.8) is 0 Å². The molecule has 0 aliphatic rings. The molecule has 0 amide bonds. The van der Waals surface area contributed by atoms with E-state index in [0.717, 1.165) is 38.5 Å². The molecule has 0 fully saturated rings. The van der Waals surface area contributed by atoms with Crippen molar-refractivity contribution in [1.82, 2.24) is 0 Å². The Hall–Kier alpha value is 0.576. The van der Waals surface area contributed by atoms with Gasteiger partial charge in [0, 0.05) is 0 Å². The van der Waals surface area contributed by atoms with Gasteiger partial charge in [-0.25, -0.2) is 0 Å². The van der Waals surface area contributed by atoms with Crippen molar-refractivity contribution in [2.24, 2.45) is 5.41 Å². The minimum absolute atomic E-state index is 0. The van der Waals surface area contributed by atoms with E-state index < -0.39 is 17.4 Å². The van der Waals surface area contributed by atoms with E-state index in [1.165, 1.54) is 44.9 Å². The van der Waals surface area contributed by atoms with Gasteiger partial charge in [-0.3, -0.25) is 9.59 Å². The zero-order valence-corrected chi connectivity index (χ0v) is 17.2. The number of aliphatic carboxylic acids is 2. The molecular weight excluding hydrogens is 367 g/mol. The topological polar surface area (TPSA) is 74.6 Å². The molecule has 0 aliphatic heterocycles. The minimum atomic E-state index is -1.58. The van der Waals surface area contributed by atoms with Crippen molar-refractivity contribution in [2.45, 2.75) is 123 Å². The van der Waals surface area contributed by atoms with E-state index in [1.54, 1.807) is 0 Å². The second-order valence-corrected chi connectivity index (χ2v) is 7.79. The van der Waals surface area contributed by atoms with Crippen molar-refractivity contribution in [1.29, 1.82) is 0 Å². The normalized spacial score (nSPS) is 11.2. The van der Waals surface area contributed by atoms with Gasteiger partial charge in [-0.05, 0) is 12.8 Å². The van der Waals surface area contributed by atoms with E-state index >= 15 is 0 Å². The summed E-state index contributed by atoms with van der Waals surface area (Å²) in [4.78, 5) is 23.4. The first kappa shape index (κ1) is 29.8. The molecule has 0 aliphatic carbocycles. The van der Waals surface area contributed by atoms with Crippen LogP contribution in [-0.2, 0) is 9.59 Å². The summed E-state index contributed by atoms with van der Waals surface area (Å²) in [5.41, 5.74) is -1.58. The maximum absolute atomic E-state index is 11.7. The van der Waals surface area contributed by atoms with Gasteiger partial charge < -0.3 is 10.2 Å². The fraction of sp³-hybridized carbons (Fsp3) is 0.909. The number of carboxylic acid groups (broad SMARTS) is 2. The molecule has 156 valence electrons. The summed E-state index contributed by atoms with van der Waals surface area (Å²) in [6.07, 6.45) is 17.1. The average Bonchev–Trinajstić information content (AvgIpc) is 2.60. The predicted molar refractivity (Wildman–Crippen MR) is 115 cm³/mol. The summed E-state index contributed by atoms with van der Waals surface area (Å²) < 4.78 is 0. The summed E-state index contributed by atoms with van der Waals surface area (Å²) in [5, 5.41) is 19.1. The Bertz CT molecular complexity index is 357. The third-order valence-corrected chi connectivity index (χ3v) is 5.48. The average molecular weight is 411 g/mol. The molecule has 2 N–H and O–H groups in total. The number of hydrogen-bond acceptors (Lipinski definition) is 2. The predicted octanol–water partition coefficient (Wildman–Crippen LogP) is 6.17. The van der Waals surface area contributed by atoms with Crippen LogP contribution in [0, 0.1) is 5.41 Å². The van der Waals surface area contributed by atoms with E-state index in [2.05, 4.69) is 13.8 Å². The van der Waals surface area contributed by atoms with E-state index in [4.69, 9.17) is 0 Å². The Balaban J connectivity index is 0. The standard InChI is InChI=1S/C22H42O4.K.H/c1-3-5-7-9-10-11-12-13-15-17-19-22(20(23)24,21(25)26)18-16-14-8-6-4-2;;/h3-19H2,1-2H3,(H,23,24)(H,25,26);;. The zero-order valence-electron chi connectivity index (χ0n) is 17.2. The summed E-state index contributed by atoms with van der Waals surface area (Å²) in [7, 11) is 0. The molecule has 27 heavy (non-hydrogen) atoms. The number of carboxylic acids is 2. The van der Waals surface area contributed by atoms with Gasteiger partial charge in [-0.15, -0.1) is 0 Å². The van der Waals surface area contributed by atoms with Gasteiger partial charge in [0.15, 0.2) is 5.41 Å². The molecule has 0 rings (SSSR count). The molecule has 0 saturated carbocycles. The number of carbonyl (C=O) groups is 2. The maximum atomic E-state index is 11.7. The van der Waals surface area contributed by atoms with Crippen LogP contribution in [-0.4, -0.2) is 73.5 Å². The molecule has 0 heterocycles. The van der Waals surface area contributed by atoms with Gasteiger partial charge in [0.2, 0.25) is 0 Å². The molecule has 0 aromatic rings. The van der Waals surface area contributed by atoms with Crippen molar-refractivity contribution >= 4 is 63.3 Å². The Labute approximate surface area is 209 Å². The van der Waals surface area contributed by atoms with E-state index in [0.29, 0.717) is 12.8 Å². The number of hydrogen-bond donors (Lipinski definition) is 2. The quantitative estimate of drug-likeness (QED) is 0.152. The van der Waals surface area contributed by atoms with E-state index in [9.17, 15) is 19.8 Å². The molecule has 0 radical (unpaired) electrons. The Morgan fingerprint density at radius 1 is 0.556 bits per heavy atom. The van der Waals surface area contributed by atoms with Crippen molar-refractivity contribution in [2.75, 3.05) is 0 Å². The van der Waals surface area contributed by atoms with Gasteiger partial charge in [-0.1, -0.05) is 110 Å². The van der Waals surface area contributed by atoms with Gasteiger partial charge in [-0.2, -0.15) is 0 Å². The first-order valence-electron chi connectivity index (χ1n) is 11.0. The second-order valence-electron chi connectivity index (χ2n) is 7.79.